The van der Waals surface area contributed by atoms with Crippen molar-refractivity contribution in [3.8, 4) is 0 Å². The van der Waals surface area contributed by atoms with E-state index >= 15 is 0 Å². The Morgan fingerprint density at radius 2 is 2.21 bits per heavy atom. The number of aromatic nitrogens is 1. The number of carbonyl (C=O) groups excluding carboxylic acids is 1. The predicted molar refractivity (Wildman–Crippen MR) is 87.9 cm³/mol. The summed E-state index contributed by atoms with van der Waals surface area (Å²) in [6.45, 7) is 4.10. The first-order valence-corrected chi connectivity index (χ1v) is 9.19. The number of sulfonamides is 1. The molecule has 0 unspecified atom stereocenters. The summed E-state index contributed by atoms with van der Waals surface area (Å²) in [6, 6.07) is 4.83. The molecule has 2 aromatic rings. The molecule has 1 aliphatic rings. The average molecular weight is 349 g/mol. The molecule has 0 fully saturated rings. The van der Waals surface area contributed by atoms with Crippen LogP contribution >= 0.6 is 0 Å². The summed E-state index contributed by atoms with van der Waals surface area (Å²) in [5, 5.41) is 6.45. The molecule has 128 valence electrons. The van der Waals surface area contributed by atoms with Crippen LogP contribution in [0.2, 0.25) is 0 Å². The number of hydrogen-bond donors (Lipinski definition) is 1. The second-order valence-electron chi connectivity index (χ2n) is 5.74. The molecular formula is C16H19N3O4S. The van der Waals surface area contributed by atoms with Crippen LogP contribution in [0.25, 0.3) is 0 Å². The van der Waals surface area contributed by atoms with Crippen LogP contribution in [0.15, 0.2) is 33.8 Å². The van der Waals surface area contributed by atoms with Crippen LogP contribution in [0.4, 0.5) is 5.69 Å². The van der Waals surface area contributed by atoms with E-state index in [9.17, 15) is 13.2 Å². The normalized spacial score (nSPS) is 15.1. The molecule has 0 saturated carbocycles. The van der Waals surface area contributed by atoms with Crippen molar-refractivity contribution in [3.63, 3.8) is 0 Å². The smallest absolute Gasteiger partial charge is 0.243 e. The molecule has 1 aromatic heterocycles. The number of carbonyl (C=O) groups is 1. The highest BCUT2D eigenvalue weighted by atomic mass is 32.2. The molecule has 1 N–H and O–H groups in total. The molecule has 0 bridgehead atoms. The first-order chi connectivity index (χ1) is 11.4. The van der Waals surface area contributed by atoms with Crippen LogP contribution in [0.1, 0.15) is 30.2 Å². The van der Waals surface area contributed by atoms with Crippen molar-refractivity contribution in [1.82, 2.24) is 9.46 Å². The number of nitrogens with one attached hydrogen (secondary N) is 1. The number of hydrogen-bond acceptors (Lipinski definition) is 5. The van der Waals surface area contributed by atoms with E-state index in [4.69, 9.17) is 4.52 Å². The second-order valence-corrected chi connectivity index (χ2v) is 7.65. The van der Waals surface area contributed by atoms with E-state index in [-0.39, 0.29) is 17.3 Å². The maximum Gasteiger partial charge on any atom is 0.243 e. The summed E-state index contributed by atoms with van der Waals surface area (Å²) >= 11 is 0. The topological polar surface area (TPSA) is 92.5 Å². The average Bonchev–Trinajstić information content (AvgIpc) is 3.02. The number of benzene rings is 1. The molecule has 1 amide bonds. The van der Waals surface area contributed by atoms with Gasteiger partial charge in [-0.25, -0.2) is 8.42 Å². The molecule has 1 aliphatic heterocycles. The Morgan fingerprint density at radius 1 is 1.42 bits per heavy atom. The van der Waals surface area contributed by atoms with Gasteiger partial charge in [0, 0.05) is 37.2 Å². The fourth-order valence-corrected chi connectivity index (χ4v) is 4.35. The van der Waals surface area contributed by atoms with Gasteiger partial charge < -0.3 is 9.84 Å². The minimum Gasteiger partial charge on any atom is -0.361 e. The van der Waals surface area contributed by atoms with E-state index in [1.807, 2.05) is 0 Å². The van der Waals surface area contributed by atoms with Crippen molar-refractivity contribution in [2.75, 3.05) is 11.9 Å². The van der Waals surface area contributed by atoms with E-state index in [1.165, 1.54) is 4.31 Å². The SMILES string of the molecule is CCC(=O)Nc1ccc(S(=O)(=O)N2CCc3oncc3C2)c(C)c1. The van der Waals surface area contributed by atoms with Gasteiger partial charge in [-0.05, 0) is 30.7 Å². The highest BCUT2D eigenvalue weighted by Gasteiger charge is 2.31. The number of rotatable bonds is 4. The lowest BCUT2D eigenvalue weighted by atomic mass is 10.1. The number of anilines is 1. The van der Waals surface area contributed by atoms with E-state index in [0.29, 0.717) is 30.6 Å². The monoisotopic (exact) mass is 349 g/mol. The van der Waals surface area contributed by atoms with Gasteiger partial charge in [-0.15, -0.1) is 0 Å². The summed E-state index contributed by atoms with van der Waals surface area (Å²) < 4.78 is 32.4. The predicted octanol–water partition coefficient (Wildman–Crippen LogP) is 2.08. The van der Waals surface area contributed by atoms with Crippen LogP contribution < -0.4 is 5.32 Å². The third-order valence-electron chi connectivity index (χ3n) is 4.06. The van der Waals surface area contributed by atoms with E-state index in [1.54, 1.807) is 38.2 Å². The minimum absolute atomic E-state index is 0.110. The standard InChI is InChI=1S/C16H19N3O4S/c1-3-16(20)18-13-4-5-15(11(2)8-13)24(21,22)19-7-6-14-12(10-19)9-17-23-14/h4-5,8-9H,3,6-7,10H2,1-2H3,(H,18,20). The summed E-state index contributed by atoms with van der Waals surface area (Å²) in [5.41, 5.74) is 1.99. The Morgan fingerprint density at radius 3 is 2.92 bits per heavy atom. The van der Waals surface area contributed by atoms with Crippen molar-refractivity contribution in [3.05, 3.63) is 41.3 Å². The summed E-state index contributed by atoms with van der Waals surface area (Å²) in [5.74, 6) is 0.636. The molecule has 0 radical (unpaired) electrons. The maximum absolute atomic E-state index is 12.9. The Labute approximate surface area is 140 Å². The third kappa shape index (κ3) is 3.07. The van der Waals surface area contributed by atoms with E-state index < -0.39 is 10.0 Å². The Bertz CT molecular complexity index is 873. The van der Waals surface area contributed by atoms with E-state index in [0.717, 1.165) is 11.3 Å². The molecule has 0 atom stereocenters. The maximum atomic E-state index is 12.9. The zero-order valence-corrected chi connectivity index (χ0v) is 14.4. The Balaban J connectivity index is 1.86. The lowest BCUT2D eigenvalue weighted by Crippen LogP contribution is -2.35. The number of amides is 1. The van der Waals surface area contributed by atoms with Gasteiger partial charge in [0.05, 0.1) is 11.1 Å². The van der Waals surface area contributed by atoms with Crippen molar-refractivity contribution in [2.24, 2.45) is 0 Å². The van der Waals surface area contributed by atoms with Gasteiger partial charge in [-0.1, -0.05) is 12.1 Å². The molecule has 7 nitrogen and oxygen atoms in total. The van der Waals surface area contributed by atoms with Crippen LogP contribution in [-0.4, -0.2) is 30.3 Å². The zero-order chi connectivity index (χ0) is 17.3. The number of fused-ring (bicyclic) bond motifs is 1. The Kier molecular flexibility index (Phi) is 4.42. The molecule has 0 aliphatic carbocycles. The van der Waals surface area contributed by atoms with Gasteiger partial charge in [0.1, 0.15) is 5.76 Å². The first-order valence-electron chi connectivity index (χ1n) is 7.75. The molecule has 1 aromatic carbocycles. The van der Waals surface area contributed by atoms with Gasteiger partial charge in [0.25, 0.3) is 0 Å². The summed E-state index contributed by atoms with van der Waals surface area (Å²) in [7, 11) is -3.61. The quantitative estimate of drug-likeness (QED) is 0.912. The van der Waals surface area contributed by atoms with Gasteiger partial charge in [0.2, 0.25) is 15.9 Å². The second kappa shape index (κ2) is 6.37. The van der Waals surface area contributed by atoms with Crippen LogP contribution in [-0.2, 0) is 27.8 Å². The molecular weight excluding hydrogens is 330 g/mol. The van der Waals surface area contributed by atoms with Crippen LogP contribution in [0, 0.1) is 6.92 Å². The fraction of sp³-hybridized carbons (Fsp3) is 0.375. The number of nitrogens with zero attached hydrogens (tertiary/aromatic N) is 2. The zero-order valence-electron chi connectivity index (χ0n) is 13.6. The third-order valence-corrected chi connectivity index (χ3v) is 6.07. The highest BCUT2D eigenvalue weighted by Crippen LogP contribution is 2.27. The molecule has 8 heteroatoms. The Hall–Kier alpha value is -2.19. The van der Waals surface area contributed by atoms with E-state index in [2.05, 4.69) is 10.5 Å². The van der Waals surface area contributed by atoms with Crippen molar-refractivity contribution < 1.29 is 17.7 Å². The van der Waals surface area contributed by atoms with Crippen LogP contribution in [0.3, 0.4) is 0 Å². The molecule has 24 heavy (non-hydrogen) atoms. The lowest BCUT2D eigenvalue weighted by Gasteiger charge is -2.25. The molecule has 3 rings (SSSR count). The molecule has 2 heterocycles. The largest absolute Gasteiger partial charge is 0.361 e. The van der Waals surface area contributed by atoms with Gasteiger partial charge in [-0.3, -0.25) is 4.79 Å². The first kappa shape index (κ1) is 16.7. The summed E-state index contributed by atoms with van der Waals surface area (Å²) in [4.78, 5) is 11.7. The van der Waals surface area contributed by atoms with Crippen molar-refractivity contribution in [1.29, 1.82) is 0 Å². The van der Waals surface area contributed by atoms with Crippen molar-refractivity contribution >= 4 is 21.6 Å². The van der Waals surface area contributed by atoms with Gasteiger partial charge in [0.15, 0.2) is 0 Å². The van der Waals surface area contributed by atoms with Gasteiger partial charge in [-0.2, -0.15) is 4.31 Å². The van der Waals surface area contributed by atoms with Gasteiger partial charge >= 0.3 is 0 Å². The minimum atomic E-state index is -3.61. The molecule has 0 spiro atoms. The van der Waals surface area contributed by atoms with Crippen molar-refractivity contribution in [2.45, 2.75) is 38.1 Å². The fourth-order valence-electron chi connectivity index (χ4n) is 2.72. The highest BCUT2D eigenvalue weighted by molar-refractivity contribution is 7.89. The lowest BCUT2D eigenvalue weighted by molar-refractivity contribution is -0.115. The van der Waals surface area contributed by atoms with Crippen LogP contribution in [0.5, 0.6) is 0 Å². The number of aryl methyl sites for hydroxylation is 1. The molecule has 0 saturated heterocycles. The summed E-state index contributed by atoms with van der Waals surface area (Å²) in [6.07, 6.45) is 2.44.